The minimum atomic E-state index is -0.441. The van der Waals surface area contributed by atoms with Gasteiger partial charge >= 0.3 is 0 Å². The number of ether oxygens (including phenoxy) is 1. The van der Waals surface area contributed by atoms with Gasteiger partial charge in [0.05, 0.1) is 25.1 Å². The zero-order chi connectivity index (χ0) is 17.8. The fourth-order valence-electron chi connectivity index (χ4n) is 2.73. The highest BCUT2D eigenvalue weighted by molar-refractivity contribution is 7.15. The van der Waals surface area contributed by atoms with Crippen LogP contribution in [-0.4, -0.2) is 51.6 Å². The number of carbonyl (C=O) groups excluding carboxylic acids is 1. The molecule has 0 spiro atoms. The highest BCUT2D eigenvalue weighted by atomic mass is 32.1. The molecule has 2 atom stereocenters. The summed E-state index contributed by atoms with van der Waals surface area (Å²) in [6.45, 7) is 5.74. The van der Waals surface area contributed by atoms with Crippen molar-refractivity contribution >= 4 is 22.4 Å². The topological polar surface area (TPSA) is 80.2 Å². The number of carbonyl (C=O) groups is 1. The first-order chi connectivity index (χ1) is 12.0. The predicted octanol–water partition coefficient (Wildman–Crippen LogP) is 2.04. The van der Waals surface area contributed by atoms with Crippen LogP contribution >= 0.6 is 11.3 Å². The number of morpholine rings is 1. The second kappa shape index (κ2) is 7.94. The van der Waals surface area contributed by atoms with Crippen LogP contribution in [-0.2, 0) is 16.0 Å². The Labute approximate surface area is 149 Å². The fraction of sp³-hybridized carbons (Fsp3) is 0.500. The maximum Gasteiger partial charge on any atom is 0.223 e. The Morgan fingerprint density at radius 3 is 2.92 bits per heavy atom. The van der Waals surface area contributed by atoms with Crippen molar-refractivity contribution in [1.29, 1.82) is 0 Å². The molecule has 1 saturated heterocycles. The van der Waals surface area contributed by atoms with Gasteiger partial charge in [0, 0.05) is 43.5 Å². The van der Waals surface area contributed by atoms with Crippen LogP contribution < -0.4 is 5.32 Å². The molecule has 0 unspecified atom stereocenters. The van der Waals surface area contributed by atoms with Crippen LogP contribution in [0.1, 0.15) is 30.6 Å². The maximum atomic E-state index is 12.9. The number of nitrogens with one attached hydrogen (secondary N) is 1. The molecule has 25 heavy (non-hydrogen) atoms. The summed E-state index contributed by atoms with van der Waals surface area (Å²) in [6, 6.07) is 0.167. The molecule has 1 aliphatic rings. The second-order valence-corrected chi connectivity index (χ2v) is 7.00. The lowest BCUT2D eigenvalue weighted by Gasteiger charge is -2.36. The van der Waals surface area contributed by atoms with E-state index < -0.39 is 5.82 Å². The summed E-state index contributed by atoms with van der Waals surface area (Å²) in [5.41, 5.74) is 0. The number of amides is 1. The van der Waals surface area contributed by atoms with Crippen molar-refractivity contribution in [2.45, 2.75) is 32.4 Å². The van der Waals surface area contributed by atoms with E-state index in [1.54, 1.807) is 6.20 Å². The zero-order valence-corrected chi connectivity index (χ0v) is 14.9. The third kappa shape index (κ3) is 4.77. The molecule has 0 radical (unpaired) electrons. The summed E-state index contributed by atoms with van der Waals surface area (Å²) < 4.78 is 18.7. The second-order valence-electron chi connectivity index (χ2n) is 5.93. The molecule has 2 aromatic rings. The molecule has 9 heteroatoms. The van der Waals surface area contributed by atoms with Gasteiger partial charge in [-0.15, -0.1) is 11.3 Å². The molecule has 0 bridgehead atoms. The molecule has 7 nitrogen and oxygen atoms in total. The largest absolute Gasteiger partial charge is 0.375 e. The number of hydrogen-bond donors (Lipinski definition) is 1. The van der Waals surface area contributed by atoms with E-state index in [0.717, 1.165) is 18.0 Å². The molecule has 1 fully saturated rings. The zero-order valence-electron chi connectivity index (χ0n) is 14.1. The molecular weight excluding hydrogens is 345 g/mol. The highest BCUT2D eigenvalue weighted by Gasteiger charge is 2.27. The van der Waals surface area contributed by atoms with Crippen LogP contribution in [0.5, 0.6) is 0 Å². The summed E-state index contributed by atoms with van der Waals surface area (Å²) in [5, 5.41) is 3.32. The minimum absolute atomic E-state index is 0.0376. The van der Waals surface area contributed by atoms with Gasteiger partial charge in [-0.3, -0.25) is 9.69 Å². The quantitative estimate of drug-likeness (QED) is 0.873. The predicted molar refractivity (Wildman–Crippen MR) is 91.8 cm³/mol. The monoisotopic (exact) mass is 365 g/mol. The Morgan fingerprint density at radius 1 is 1.44 bits per heavy atom. The van der Waals surface area contributed by atoms with E-state index in [0.29, 0.717) is 24.0 Å². The number of aromatic nitrogens is 3. The standard InChI is InChI=1S/C16H20FN5O2S/c1-10(14-8-20-16(25-14)21-11(2)23)22-3-4-24-13(9-22)5-15-18-6-12(17)7-19-15/h6-8,10,13H,3-5,9H2,1-2H3,(H,20,21,23)/t10-,13-/m1/s1. The molecule has 2 aromatic heterocycles. The van der Waals surface area contributed by atoms with Gasteiger partial charge in [-0.2, -0.15) is 0 Å². The van der Waals surface area contributed by atoms with Crippen molar-refractivity contribution < 1.29 is 13.9 Å². The lowest BCUT2D eigenvalue weighted by Crippen LogP contribution is -2.44. The van der Waals surface area contributed by atoms with Gasteiger partial charge in [-0.1, -0.05) is 0 Å². The van der Waals surface area contributed by atoms with Crippen LogP contribution in [0.15, 0.2) is 18.6 Å². The Balaban J connectivity index is 1.61. The number of rotatable bonds is 5. The molecule has 0 aromatic carbocycles. The van der Waals surface area contributed by atoms with Gasteiger partial charge < -0.3 is 10.1 Å². The number of hydrogen-bond acceptors (Lipinski definition) is 7. The van der Waals surface area contributed by atoms with Gasteiger partial charge in [-0.05, 0) is 6.92 Å². The van der Waals surface area contributed by atoms with Crippen LogP contribution in [0, 0.1) is 5.82 Å². The normalized spacial score (nSPS) is 19.6. The lowest BCUT2D eigenvalue weighted by molar-refractivity contribution is -0.114. The summed E-state index contributed by atoms with van der Waals surface area (Å²) in [7, 11) is 0. The molecule has 1 aliphatic heterocycles. The molecule has 134 valence electrons. The molecule has 3 rings (SSSR count). The third-order valence-corrected chi connectivity index (χ3v) is 5.10. The summed E-state index contributed by atoms with van der Waals surface area (Å²) in [6.07, 6.45) is 4.65. The summed E-state index contributed by atoms with van der Waals surface area (Å²) in [4.78, 5) is 26.8. The Kier molecular flexibility index (Phi) is 5.67. The number of halogens is 1. The van der Waals surface area contributed by atoms with Crippen molar-refractivity contribution in [3.63, 3.8) is 0 Å². The van der Waals surface area contributed by atoms with Crippen LogP contribution in [0.3, 0.4) is 0 Å². The first-order valence-electron chi connectivity index (χ1n) is 8.06. The number of anilines is 1. The SMILES string of the molecule is CC(=O)Nc1ncc([C@@H](C)N2CCO[C@H](Cc3ncc(F)cn3)C2)s1. The van der Waals surface area contributed by atoms with E-state index in [9.17, 15) is 9.18 Å². The number of nitrogens with zero attached hydrogens (tertiary/aromatic N) is 4. The fourth-order valence-corrected chi connectivity index (χ4v) is 3.68. The van der Waals surface area contributed by atoms with Crippen LogP contribution in [0.4, 0.5) is 9.52 Å². The van der Waals surface area contributed by atoms with E-state index in [2.05, 4.69) is 32.1 Å². The summed E-state index contributed by atoms with van der Waals surface area (Å²) in [5.74, 6) is 0.00894. The summed E-state index contributed by atoms with van der Waals surface area (Å²) >= 11 is 1.48. The molecule has 0 aliphatic carbocycles. The first-order valence-corrected chi connectivity index (χ1v) is 8.88. The van der Waals surface area contributed by atoms with Crippen molar-refractivity contribution in [3.8, 4) is 0 Å². The van der Waals surface area contributed by atoms with E-state index in [1.807, 2.05) is 0 Å². The third-order valence-electron chi connectivity index (χ3n) is 4.02. The van der Waals surface area contributed by atoms with Crippen LogP contribution in [0.25, 0.3) is 0 Å². The Morgan fingerprint density at radius 2 is 2.20 bits per heavy atom. The van der Waals surface area contributed by atoms with E-state index in [-0.39, 0.29) is 18.1 Å². The van der Waals surface area contributed by atoms with Gasteiger partial charge in [-0.25, -0.2) is 19.3 Å². The van der Waals surface area contributed by atoms with Crippen LogP contribution in [0.2, 0.25) is 0 Å². The molecule has 0 saturated carbocycles. The minimum Gasteiger partial charge on any atom is -0.375 e. The number of thiazole rings is 1. The highest BCUT2D eigenvalue weighted by Crippen LogP contribution is 2.29. The Hall–Kier alpha value is -1.97. The van der Waals surface area contributed by atoms with E-state index in [4.69, 9.17) is 4.74 Å². The van der Waals surface area contributed by atoms with Gasteiger partial charge in [0.25, 0.3) is 0 Å². The van der Waals surface area contributed by atoms with E-state index in [1.165, 1.54) is 30.7 Å². The molecule has 1 amide bonds. The van der Waals surface area contributed by atoms with Crippen molar-refractivity contribution in [3.05, 3.63) is 35.1 Å². The van der Waals surface area contributed by atoms with E-state index >= 15 is 0 Å². The smallest absolute Gasteiger partial charge is 0.223 e. The average Bonchev–Trinajstić information content (AvgIpc) is 3.04. The molecule has 1 N–H and O–H groups in total. The lowest BCUT2D eigenvalue weighted by atomic mass is 10.1. The van der Waals surface area contributed by atoms with Crippen molar-refractivity contribution in [1.82, 2.24) is 19.9 Å². The first kappa shape index (κ1) is 17.8. The van der Waals surface area contributed by atoms with Gasteiger partial charge in [0.15, 0.2) is 10.9 Å². The maximum absolute atomic E-state index is 12.9. The van der Waals surface area contributed by atoms with Crippen molar-refractivity contribution in [2.24, 2.45) is 0 Å². The average molecular weight is 365 g/mol. The van der Waals surface area contributed by atoms with Gasteiger partial charge in [0.1, 0.15) is 5.82 Å². The Bertz CT molecular complexity index is 724. The molecule has 3 heterocycles. The molecular formula is C16H20FN5O2S. The van der Waals surface area contributed by atoms with Gasteiger partial charge in [0.2, 0.25) is 5.91 Å². The van der Waals surface area contributed by atoms with Crippen molar-refractivity contribution in [2.75, 3.05) is 25.0 Å².